The summed E-state index contributed by atoms with van der Waals surface area (Å²) in [5, 5.41) is 26.7. The third-order valence-corrected chi connectivity index (χ3v) is 17.6. The van der Waals surface area contributed by atoms with Crippen molar-refractivity contribution in [1.82, 2.24) is 15.1 Å². The molecule has 0 aromatic carbocycles. The van der Waals surface area contributed by atoms with Crippen molar-refractivity contribution in [3.05, 3.63) is 47.6 Å². The first-order valence-electron chi connectivity index (χ1n) is 30.2. The molecule has 5 heterocycles. The standard InChI is InChI=1S/C62H97N3O17/c1-39-15-11-10-12-16-40(2)52(79-30-29-78-48-37-77-38-48)35-47-20-18-45(7)62(73,82-47)58(69)59(70)65-23-14-13-17-49(65)60(71)80-53(36-50(66)41(3)32-44(6)56(68)57(75-9)55(67)43(5)31-39)42(4)33-46-19-21-51(54(34-46)74-8)81-61(72)63-22-24-64-25-27-76-28-26-64/h10-12,15-16,32,39,41-43,45-49,51-54,56-57,68,73H,13-14,17-31,33-38H2,1-9H3,(H,63,72)/b12-10+,15-11+,40-16+,44-32+/t39-,41-,42-,43-,45-,46+,47+,49+,51-,52+,53+,54-,56-,57+,62-/m1/s1. The van der Waals surface area contributed by atoms with Crippen LogP contribution in [0.4, 0.5) is 4.79 Å². The Bertz CT molecular complexity index is 2230. The summed E-state index contributed by atoms with van der Waals surface area (Å²) in [6.45, 7) is 18.4. The molecular weight excluding hydrogens is 1060 g/mol. The number of carbonyl (C=O) groups is 6. The minimum absolute atomic E-state index is 0.00839. The van der Waals surface area contributed by atoms with Gasteiger partial charge in [0, 0.05) is 77.5 Å². The van der Waals surface area contributed by atoms with Gasteiger partial charge in [-0.25, -0.2) is 9.59 Å². The second-order valence-corrected chi connectivity index (χ2v) is 24.0. The minimum atomic E-state index is -2.49. The first-order chi connectivity index (χ1) is 39.2. The highest BCUT2D eigenvalue weighted by Gasteiger charge is 2.53. The summed E-state index contributed by atoms with van der Waals surface area (Å²) in [6, 6.07) is -1.19. The van der Waals surface area contributed by atoms with Crippen LogP contribution in [0.3, 0.4) is 0 Å². The number of nitrogens with one attached hydrogen (secondary N) is 1. The normalized spacial score (nSPS) is 36.8. The quantitative estimate of drug-likeness (QED) is 0.0778. The Morgan fingerprint density at radius 3 is 2.29 bits per heavy atom. The molecule has 0 aromatic rings. The van der Waals surface area contributed by atoms with E-state index in [0.29, 0.717) is 109 Å². The molecular formula is C62H97N3O17. The zero-order valence-electron chi connectivity index (χ0n) is 50.3. The van der Waals surface area contributed by atoms with Crippen LogP contribution in [-0.4, -0.2) is 203 Å². The molecule has 82 heavy (non-hydrogen) atoms. The number of hydrogen-bond acceptors (Lipinski definition) is 18. The van der Waals surface area contributed by atoms with Crippen molar-refractivity contribution in [2.75, 3.05) is 86.6 Å². The van der Waals surface area contributed by atoms with Crippen molar-refractivity contribution in [1.29, 1.82) is 0 Å². The van der Waals surface area contributed by atoms with Crippen molar-refractivity contribution in [3.8, 4) is 0 Å². The van der Waals surface area contributed by atoms with E-state index in [2.05, 4.69) is 10.2 Å². The van der Waals surface area contributed by atoms with E-state index in [0.717, 1.165) is 18.7 Å². The van der Waals surface area contributed by atoms with Crippen LogP contribution < -0.4 is 5.32 Å². The van der Waals surface area contributed by atoms with E-state index in [1.165, 1.54) is 12.0 Å². The summed E-state index contributed by atoms with van der Waals surface area (Å²) in [6.07, 6.45) is 9.90. The third-order valence-electron chi connectivity index (χ3n) is 17.6. The molecule has 3 N–H and O–H groups in total. The Balaban J connectivity index is 1.24. The zero-order valence-corrected chi connectivity index (χ0v) is 50.3. The molecule has 5 aliphatic heterocycles. The third kappa shape index (κ3) is 19.1. The topological polar surface area (TPSA) is 244 Å². The van der Waals surface area contributed by atoms with Crippen molar-refractivity contribution in [2.24, 2.45) is 35.5 Å². The van der Waals surface area contributed by atoms with Gasteiger partial charge in [0.05, 0.1) is 58.0 Å². The van der Waals surface area contributed by atoms with Gasteiger partial charge in [0.1, 0.15) is 42.3 Å². The first kappa shape index (κ1) is 66.9. The smallest absolute Gasteiger partial charge is 0.407 e. The van der Waals surface area contributed by atoms with Gasteiger partial charge in [-0.3, -0.25) is 24.1 Å². The number of carbonyl (C=O) groups excluding carboxylic acids is 6. The lowest BCUT2D eigenvalue weighted by Crippen LogP contribution is -2.61. The van der Waals surface area contributed by atoms with Crippen molar-refractivity contribution in [2.45, 2.75) is 186 Å². The van der Waals surface area contributed by atoms with Crippen LogP contribution in [0.25, 0.3) is 0 Å². The molecule has 20 nitrogen and oxygen atoms in total. The number of cyclic esters (lactones) is 1. The number of ether oxygens (including phenoxy) is 9. The molecule has 1 aliphatic carbocycles. The number of piperidine rings is 1. The van der Waals surface area contributed by atoms with E-state index in [-0.39, 0.29) is 61.9 Å². The van der Waals surface area contributed by atoms with Gasteiger partial charge in [0.2, 0.25) is 5.79 Å². The van der Waals surface area contributed by atoms with Crippen LogP contribution in [0.2, 0.25) is 0 Å². The predicted octanol–water partition coefficient (Wildman–Crippen LogP) is 6.03. The van der Waals surface area contributed by atoms with E-state index in [1.807, 2.05) is 58.1 Å². The molecule has 0 aromatic heterocycles. The van der Waals surface area contributed by atoms with Gasteiger partial charge >= 0.3 is 12.1 Å². The average molecular weight is 1160 g/mol. The molecule has 2 bridgehead atoms. The van der Waals surface area contributed by atoms with Crippen molar-refractivity contribution >= 4 is 35.3 Å². The van der Waals surface area contributed by atoms with Crippen molar-refractivity contribution in [3.63, 3.8) is 0 Å². The highest BCUT2D eigenvalue weighted by atomic mass is 16.6. The van der Waals surface area contributed by atoms with Gasteiger partial charge in [0.15, 0.2) is 5.78 Å². The number of amides is 2. The molecule has 0 unspecified atom stereocenters. The van der Waals surface area contributed by atoms with Crippen LogP contribution in [0.5, 0.6) is 0 Å². The molecule has 15 atom stereocenters. The number of fused-ring (bicyclic) bond motifs is 3. The SMILES string of the molecule is CO[C@@H]1C[C@H](C[C@@H](C)[C@@H]2CC(=O)[C@H](C)/C=C(\C)[C@@H](O)[C@@H](OC)C(=O)[C@H](C)C[C@H](C)/C=C/C=C/C=C(\C)[C@@H](OCCOC3COC3)C[C@@H]3CC[C@@H](C)[C@@](O)(O3)C(=O)C(=O)N3CCCC[C@H]3C(=O)O2)CC[C@H]1OC(=O)NCCN1CCOCC1. The molecule has 5 fully saturated rings. The van der Waals surface area contributed by atoms with Gasteiger partial charge < -0.3 is 63.1 Å². The summed E-state index contributed by atoms with van der Waals surface area (Å²) in [4.78, 5) is 88.5. The number of alkyl carbamates (subject to hydrolysis) is 1. The van der Waals surface area contributed by atoms with Crippen molar-refractivity contribution < 1.29 is 81.6 Å². The molecule has 6 aliphatic rings. The van der Waals surface area contributed by atoms with Crippen LogP contribution >= 0.6 is 0 Å². The lowest BCUT2D eigenvalue weighted by molar-refractivity contribution is -0.266. The Morgan fingerprint density at radius 1 is 0.841 bits per heavy atom. The Hall–Kier alpha value is -4.22. The summed E-state index contributed by atoms with van der Waals surface area (Å²) in [7, 11) is 2.96. The number of nitrogens with zero attached hydrogens (tertiary/aromatic N) is 2. The number of Topliss-reactive ketones (excluding diaryl/α,β-unsaturated/α-hetero) is 3. The van der Waals surface area contributed by atoms with Gasteiger partial charge in [-0.1, -0.05) is 71.1 Å². The molecule has 4 saturated heterocycles. The van der Waals surface area contributed by atoms with Crippen LogP contribution in [-0.2, 0) is 66.6 Å². The number of morpholine rings is 1. The lowest BCUT2D eigenvalue weighted by atomic mass is 9.78. The number of ketones is 3. The summed E-state index contributed by atoms with van der Waals surface area (Å²) in [5.74, 6) is -8.48. The van der Waals surface area contributed by atoms with Crippen LogP contribution in [0.1, 0.15) is 126 Å². The minimum Gasteiger partial charge on any atom is -0.460 e. The number of methoxy groups -OCH3 is 2. The molecule has 1 saturated carbocycles. The number of aliphatic hydroxyl groups is 2. The van der Waals surface area contributed by atoms with Crippen LogP contribution in [0.15, 0.2) is 47.6 Å². The number of aliphatic hydroxyl groups excluding tert-OH is 1. The molecule has 0 radical (unpaired) electrons. The maximum Gasteiger partial charge on any atom is 0.407 e. The van der Waals surface area contributed by atoms with E-state index < -0.39 is 102 Å². The molecule has 462 valence electrons. The van der Waals surface area contributed by atoms with E-state index in [1.54, 1.807) is 34.0 Å². The predicted molar refractivity (Wildman–Crippen MR) is 304 cm³/mol. The van der Waals surface area contributed by atoms with Gasteiger partial charge in [-0.2, -0.15) is 0 Å². The summed E-state index contributed by atoms with van der Waals surface area (Å²) in [5.41, 5.74) is 1.21. The number of allylic oxidation sites excluding steroid dienone is 6. The fourth-order valence-corrected chi connectivity index (χ4v) is 12.2. The maximum absolute atomic E-state index is 14.7. The second kappa shape index (κ2) is 32.9. The largest absolute Gasteiger partial charge is 0.460 e. The number of esters is 1. The fourth-order valence-electron chi connectivity index (χ4n) is 12.2. The molecule has 2 amide bonds. The Labute approximate surface area is 486 Å². The highest BCUT2D eigenvalue weighted by molar-refractivity contribution is 6.39. The van der Waals surface area contributed by atoms with Gasteiger partial charge in [-0.05, 0) is 107 Å². The monoisotopic (exact) mass is 1160 g/mol. The summed E-state index contributed by atoms with van der Waals surface area (Å²) < 4.78 is 53.0. The average Bonchev–Trinajstić information content (AvgIpc) is 3.50. The van der Waals surface area contributed by atoms with Crippen LogP contribution in [0, 0.1) is 35.5 Å². The number of rotatable bonds is 14. The van der Waals surface area contributed by atoms with Gasteiger partial charge in [0.25, 0.3) is 11.7 Å². The molecule has 6 rings (SSSR count). The highest BCUT2D eigenvalue weighted by Crippen LogP contribution is 2.38. The molecule has 0 spiro atoms. The van der Waals surface area contributed by atoms with E-state index >= 15 is 0 Å². The lowest BCUT2D eigenvalue weighted by Gasteiger charge is -2.43. The Kier molecular flexibility index (Phi) is 26.8. The zero-order chi connectivity index (χ0) is 59.5. The number of hydrogen-bond donors (Lipinski definition) is 3. The second-order valence-electron chi connectivity index (χ2n) is 24.0. The van der Waals surface area contributed by atoms with E-state index in [9.17, 15) is 39.0 Å². The van der Waals surface area contributed by atoms with E-state index in [4.69, 9.17) is 42.6 Å². The summed E-state index contributed by atoms with van der Waals surface area (Å²) >= 11 is 0. The Morgan fingerprint density at radius 2 is 1.59 bits per heavy atom. The maximum atomic E-state index is 14.7. The molecule has 20 heteroatoms. The van der Waals surface area contributed by atoms with Gasteiger partial charge in [-0.15, -0.1) is 0 Å². The first-order valence-corrected chi connectivity index (χ1v) is 30.2. The fraction of sp³-hybridized carbons (Fsp3) is 0.774.